The molecule has 66 valence electrons. The first kappa shape index (κ1) is 9.46. The molecule has 1 aromatic rings. The van der Waals surface area contributed by atoms with Gasteiger partial charge in [0.25, 0.3) is 0 Å². The zero-order valence-corrected chi connectivity index (χ0v) is 8.57. The summed E-state index contributed by atoms with van der Waals surface area (Å²) in [6.07, 6.45) is 2.03. The second kappa shape index (κ2) is 4.41. The molecule has 2 heteroatoms. The predicted octanol–water partition coefficient (Wildman–Crippen LogP) is 3.00. The number of rotatable bonds is 3. The lowest BCUT2D eigenvalue weighted by Gasteiger charge is -2.07. The largest absolute Gasteiger partial charge is 0.483 e. The number of aryl methyl sites for hydroxylation is 2. The number of thioether (sulfide) groups is 1. The van der Waals surface area contributed by atoms with Crippen LogP contribution in [0.5, 0.6) is 5.75 Å². The van der Waals surface area contributed by atoms with Crippen molar-refractivity contribution in [1.29, 1.82) is 0 Å². The fourth-order valence-electron chi connectivity index (χ4n) is 1.08. The molecular weight excluding hydrogens is 168 g/mol. The molecule has 0 N–H and O–H groups in total. The van der Waals surface area contributed by atoms with Gasteiger partial charge in [-0.15, -0.1) is 11.8 Å². The summed E-state index contributed by atoms with van der Waals surface area (Å²) in [7, 11) is 0. The molecule has 0 aliphatic carbocycles. The minimum absolute atomic E-state index is 0.726. The van der Waals surface area contributed by atoms with Gasteiger partial charge in [0.05, 0.1) is 0 Å². The van der Waals surface area contributed by atoms with Gasteiger partial charge in [-0.3, -0.25) is 0 Å². The molecule has 12 heavy (non-hydrogen) atoms. The Morgan fingerprint density at radius 1 is 1.33 bits per heavy atom. The first-order chi connectivity index (χ1) is 5.74. The van der Waals surface area contributed by atoms with Crippen molar-refractivity contribution in [1.82, 2.24) is 0 Å². The molecule has 0 radical (unpaired) electrons. The van der Waals surface area contributed by atoms with E-state index in [1.54, 1.807) is 11.8 Å². The average Bonchev–Trinajstić information content (AvgIpc) is 2.03. The maximum Gasteiger partial charge on any atom is 0.133 e. The van der Waals surface area contributed by atoms with Gasteiger partial charge in [-0.05, 0) is 31.7 Å². The molecule has 0 aliphatic rings. The molecule has 0 atom stereocenters. The maximum atomic E-state index is 5.50. The van der Waals surface area contributed by atoms with Gasteiger partial charge >= 0.3 is 0 Å². The normalized spacial score (nSPS) is 9.92. The van der Waals surface area contributed by atoms with Gasteiger partial charge in [-0.2, -0.15) is 0 Å². The Kier molecular flexibility index (Phi) is 3.48. The van der Waals surface area contributed by atoms with E-state index < -0.39 is 0 Å². The Morgan fingerprint density at radius 3 is 2.67 bits per heavy atom. The Bertz CT molecular complexity index is 258. The summed E-state index contributed by atoms with van der Waals surface area (Å²) in [6.45, 7) is 4.16. The molecule has 0 amide bonds. The van der Waals surface area contributed by atoms with E-state index in [4.69, 9.17) is 4.74 Å². The Hall–Kier alpha value is -0.630. The monoisotopic (exact) mass is 182 g/mol. The van der Waals surface area contributed by atoms with Crippen LogP contribution in [0.1, 0.15) is 11.1 Å². The van der Waals surface area contributed by atoms with E-state index in [-0.39, 0.29) is 0 Å². The SMILES string of the molecule is CSCOc1ccc(C)cc1C. The van der Waals surface area contributed by atoms with Crippen LogP contribution in [0.2, 0.25) is 0 Å². The third-order valence-electron chi connectivity index (χ3n) is 1.66. The van der Waals surface area contributed by atoms with Gasteiger partial charge < -0.3 is 4.74 Å². The van der Waals surface area contributed by atoms with Crippen molar-refractivity contribution in [3.63, 3.8) is 0 Å². The van der Waals surface area contributed by atoms with Crippen LogP contribution in [0.25, 0.3) is 0 Å². The van der Waals surface area contributed by atoms with Crippen molar-refractivity contribution in [2.45, 2.75) is 13.8 Å². The molecule has 0 saturated heterocycles. The van der Waals surface area contributed by atoms with Crippen LogP contribution in [0, 0.1) is 13.8 Å². The minimum atomic E-state index is 0.726. The highest BCUT2D eigenvalue weighted by Crippen LogP contribution is 2.19. The van der Waals surface area contributed by atoms with Crippen molar-refractivity contribution >= 4 is 11.8 Å². The zero-order chi connectivity index (χ0) is 8.97. The molecule has 0 spiro atoms. The van der Waals surface area contributed by atoms with Crippen LogP contribution in [0.3, 0.4) is 0 Å². The summed E-state index contributed by atoms with van der Waals surface area (Å²) in [5.74, 6) is 1.72. The van der Waals surface area contributed by atoms with Crippen molar-refractivity contribution in [3.8, 4) is 5.75 Å². The molecular formula is C10H14OS. The van der Waals surface area contributed by atoms with E-state index in [2.05, 4.69) is 26.0 Å². The molecule has 0 heterocycles. The molecule has 0 aliphatic heterocycles. The molecule has 0 unspecified atom stereocenters. The lowest BCUT2D eigenvalue weighted by molar-refractivity contribution is 0.390. The van der Waals surface area contributed by atoms with Gasteiger partial charge in [0, 0.05) is 0 Å². The molecule has 1 nitrogen and oxygen atoms in total. The minimum Gasteiger partial charge on any atom is -0.483 e. The van der Waals surface area contributed by atoms with Crippen LogP contribution in [-0.4, -0.2) is 12.2 Å². The summed E-state index contributed by atoms with van der Waals surface area (Å²) in [5, 5.41) is 0. The first-order valence-corrected chi connectivity index (χ1v) is 5.32. The predicted molar refractivity (Wildman–Crippen MR) is 54.9 cm³/mol. The van der Waals surface area contributed by atoms with Crippen LogP contribution in [0.15, 0.2) is 18.2 Å². The molecule has 0 saturated carbocycles. The fraction of sp³-hybridized carbons (Fsp3) is 0.400. The van der Waals surface area contributed by atoms with Gasteiger partial charge in [-0.1, -0.05) is 17.7 Å². The van der Waals surface area contributed by atoms with Gasteiger partial charge in [-0.25, -0.2) is 0 Å². The van der Waals surface area contributed by atoms with Crippen molar-refractivity contribution in [2.24, 2.45) is 0 Å². The van der Waals surface area contributed by atoms with Crippen molar-refractivity contribution in [3.05, 3.63) is 29.3 Å². The Labute approximate surface area is 78.1 Å². The average molecular weight is 182 g/mol. The summed E-state index contributed by atoms with van der Waals surface area (Å²) in [4.78, 5) is 0. The van der Waals surface area contributed by atoms with Crippen LogP contribution in [0.4, 0.5) is 0 Å². The summed E-state index contributed by atoms with van der Waals surface area (Å²) < 4.78 is 5.50. The van der Waals surface area contributed by atoms with Crippen LogP contribution in [-0.2, 0) is 0 Å². The summed E-state index contributed by atoms with van der Waals surface area (Å²) in [5.41, 5.74) is 2.49. The Morgan fingerprint density at radius 2 is 2.08 bits per heavy atom. The molecule has 1 rings (SSSR count). The number of hydrogen-bond donors (Lipinski definition) is 0. The van der Waals surface area contributed by atoms with Crippen LogP contribution < -0.4 is 4.74 Å². The summed E-state index contributed by atoms with van der Waals surface area (Å²) in [6, 6.07) is 6.24. The van der Waals surface area contributed by atoms with Gasteiger partial charge in [0.2, 0.25) is 0 Å². The molecule has 1 aromatic carbocycles. The third-order valence-corrected chi connectivity index (χ3v) is 2.02. The zero-order valence-electron chi connectivity index (χ0n) is 7.76. The highest BCUT2D eigenvalue weighted by Gasteiger charge is 1.97. The van der Waals surface area contributed by atoms with Gasteiger partial charge in [0.1, 0.15) is 11.7 Å². The van der Waals surface area contributed by atoms with Crippen LogP contribution >= 0.6 is 11.8 Å². The quantitative estimate of drug-likeness (QED) is 0.665. The second-order valence-electron chi connectivity index (χ2n) is 2.82. The highest BCUT2D eigenvalue weighted by molar-refractivity contribution is 7.98. The molecule has 0 fully saturated rings. The maximum absolute atomic E-state index is 5.50. The van der Waals surface area contributed by atoms with E-state index in [0.717, 1.165) is 11.7 Å². The number of ether oxygens (including phenoxy) is 1. The number of hydrogen-bond acceptors (Lipinski definition) is 2. The molecule has 0 bridgehead atoms. The summed E-state index contributed by atoms with van der Waals surface area (Å²) >= 11 is 1.69. The number of benzene rings is 1. The van der Waals surface area contributed by atoms with E-state index in [9.17, 15) is 0 Å². The topological polar surface area (TPSA) is 9.23 Å². The van der Waals surface area contributed by atoms with E-state index >= 15 is 0 Å². The van der Waals surface area contributed by atoms with E-state index in [1.165, 1.54) is 11.1 Å². The second-order valence-corrected chi connectivity index (χ2v) is 3.63. The standard InChI is InChI=1S/C10H14OS/c1-8-4-5-10(9(2)6-8)11-7-12-3/h4-6H,7H2,1-3H3. The lowest BCUT2D eigenvalue weighted by atomic mass is 10.1. The third kappa shape index (κ3) is 2.45. The fourth-order valence-corrected chi connectivity index (χ4v) is 1.33. The lowest BCUT2D eigenvalue weighted by Crippen LogP contribution is -1.93. The Balaban J connectivity index is 2.72. The highest BCUT2D eigenvalue weighted by atomic mass is 32.2. The van der Waals surface area contributed by atoms with Crippen molar-refractivity contribution < 1.29 is 4.74 Å². The van der Waals surface area contributed by atoms with Gasteiger partial charge in [0.15, 0.2) is 0 Å². The smallest absolute Gasteiger partial charge is 0.133 e. The van der Waals surface area contributed by atoms with E-state index in [0.29, 0.717) is 0 Å². The first-order valence-electron chi connectivity index (χ1n) is 3.93. The van der Waals surface area contributed by atoms with E-state index in [1.807, 2.05) is 12.3 Å². The molecule has 0 aromatic heterocycles. The van der Waals surface area contributed by atoms with Crippen molar-refractivity contribution in [2.75, 3.05) is 12.2 Å².